The second-order valence-electron chi connectivity index (χ2n) is 5.96. The Hall–Kier alpha value is -1.91. The maximum atomic E-state index is 12.5. The Morgan fingerprint density at radius 1 is 1.26 bits per heavy atom. The maximum absolute atomic E-state index is 12.5. The molecular weight excluding hydrogens is 288 g/mol. The van der Waals surface area contributed by atoms with Crippen molar-refractivity contribution >= 4 is 16.7 Å². The second-order valence-corrected chi connectivity index (χ2v) is 5.96. The van der Waals surface area contributed by atoms with Crippen LogP contribution >= 0.6 is 0 Å². The summed E-state index contributed by atoms with van der Waals surface area (Å²) < 4.78 is 5.77. The van der Waals surface area contributed by atoms with Gasteiger partial charge in [0.2, 0.25) is 0 Å². The molecule has 1 saturated heterocycles. The number of amides is 1. The van der Waals surface area contributed by atoms with Gasteiger partial charge in [-0.2, -0.15) is 0 Å². The van der Waals surface area contributed by atoms with Crippen LogP contribution in [0.25, 0.3) is 10.8 Å². The largest absolute Gasteiger partial charge is 0.375 e. The normalized spacial score (nSPS) is 18.9. The van der Waals surface area contributed by atoms with Gasteiger partial charge in [0.1, 0.15) is 0 Å². The van der Waals surface area contributed by atoms with Crippen LogP contribution in [-0.4, -0.2) is 49.7 Å². The lowest BCUT2D eigenvalue weighted by atomic mass is 10.0. The molecule has 1 aliphatic rings. The van der Waals surface area contributed by atoms with E-state index >= 15 is 0 Å². The predicted octanol–water partition coefficient (Wildman–Crippen LogP) is 2.68. The third-order valence-corrected chi connectivity index (χ3v) is 4.46. The summed E-state index contributed by atoms with van der Waals surface area (Å²) in [7, 11) is 0. The van der Waals surface area contributed by atoms with E-state index in [2.05, 4.69) is 17.1 Å². The summed E-state index contributed by atoms with van der Waals surface area (Å²) in [5.41, 5.74) is 0.739. The molecule has 0 aliphatic carbocycles. The fourth-order valence-electron chi connectivity index (χ4n) is 3.11. The van der Waals surface area contributed by atoms with Crippen LogP contribution < -0.4 is 5.32 Å². The van der Waals surface area contributed by atoms with Gasteiger partial charge < -0.3 is 10.1 Å². The third-order valence-electron chi connectivity index (χ3n) is 4.46. The fourth-order valence-corrected chi connectivity index (χ4v) is 3.11. The van der Waals surface area contributed by atoms with Crippen molar-refractivity contribution in [1.29, 1.82) is 0 Å². The first-order chi connectivity index (χ1) is 11.3. The second kappa shape index (κ2) is 7.57. The maximum Gasteiger partial charge on any atom is 0.251 e. The summed E-state index contributed by atoms with van der Waals surface area (Å²) in [6.07, 6.45) is 1.07. The summed E-state index contributed by atoms with van der Waals surface area (Å²) in [6, 6.07) is 13.8. The van der Waals surface area contributed by atoms with E-state index in [4.69, 9.17) is 4.74 Å². The van der Waals surface area contributed by atoms with Crippen LogP contribution in [0.1, 0.15) is 23.7 Å². The van der Waals surface area contributed by atoms with Crippen LogP contribution in [0.5, 0.6) is 0 Å². The highest BCUT2D eigenvalue weighted by Crippen LogP contribution is 2.18. The Morgan fingerprint density at radius 3 is 2.96 bits per heavy atom. The number of nitrogens with zero attached hydrogens (tertiary/aromatic N) is 1. The zero-order valence-electron chi connectivity index (χ0n) is 13.6. The minimum atomic E-state index is -0.00930. The molecule has 1 aliphatic heterocycles. The van der Waals surface area contributed by atoms with Crippen molar-refractivity contribution in [1.82, 2.24) is 10.2 Å². The van der Waals surface area contributed by atoms with E-state index in [1.807, 2.05) is 42.5 Å². The number of ether oxygens (including phenoxy) is 1. The SMILES string of the molecule is CCN1CCOC(CCNC(=O)c2cccc3ccccc23)C1. The average molecular weight is 312 g/mol. The smallest absolute Gasteiger partial charge is 0.251 e. The number of rotatable bonds is 5. The topological polar surface area (TPSA) is 41.6 Å². The van der Waals surface area contributed by atoms with Gasteiger partial charge in [-0.05, 0) is 29.8 Å². The van der Waals surface area contributed by atoms with E-state index < -0.39 is 0 Å². The number of benzene rings is 2. The molecule has 1 heterocycles. The molecule has 1 unspecified atom stereocenters. The van der Waals surface area contributed by atoms with Gasteiger partial charge in [0.15, 0.2) is 0 Å². The van der Waals surface area contributed by atoms with Crippen molar-refractivity contribution in [2.45, 2.75) is 19.4 Å². The van der Waals surface area contributed by atoms with Crippen LogP contribution in [0.3, 0.4) is 0 Å². The Kier molecular flexibility index (Phi) is 5.26. The number of hydrogen-bond acceptors (Lipinski definition) is 3. The molecule has 1 N–H and O–H groups in total. The molecule has 2 aromatic rings. The highest BCUT2D eigenvalue weighted by Gasteiger charge is 2.19. The molecular formula is C19H24N2O2. The molecule has 1 fully saturated rings. The van der Waals surface area contributed by atoms with Gasteiger partial charge in [-0.3, -0.25) is 9.69 Å². The summed E-state index contributed by atoms with van der Waals surface area (Å²) in [5.74, 6) is -0.00930. The minimum absolute atomic E-state index is 0.00930. The average Bonchev–Trinajstić information content (AvgIpc) is 2.61. The molecule has 4 nitrogen and oxygen atoms in total. The molecule has 0 aromatic heterocycles. The Labute approximate surface area is 137 Å². The molecule has 0 spiro atoms. The molecule has 1 atom stereocenters. The highest BCUT2D eigenvalue weighted by atomic mass is 16.5. The Bertz CT molecular complexity index is 666. The number of fused-ring (bicyclic) bond motifs is 1. The van der Waals surface area contributed by atoms with Gasteiger partial charge in [-0.15, -0.1) is 0 Å². The molecule has 3 rings (SSSR count). The Balaban J connectivity index is 1.57. The van der Waals surface area contributed by atoms with Crippen molar-refractivity contribution in [3.63, 3.8) is 0 Å². The van der Waals surface area contributed by atoms with Gasteiger partial charge in [0.05, 0.1) is 12.7 Å². The van der Waals surface area contributed by atoms with Crippen LogP contribution in [0, 0.1) is 0 Å². The first-order valence-corrected chi connectivity index (χ1v) is 8.38. The number of nitrogens with one attached hydrogen (secondary N) is 1. The van der Waals surface area contributed by atoms with Crippen molar-refractivity contribution in [3.05, 3.63) is 48.0 Å². The van der Waals surface area contributed by atoms with Crippen molar-refractivity contribution in [2.75, 3.05) is 32.8 Å². The van der Waals surface area contributed by atoms with E-state index in [1.54, 1.807) is 0 Å². The molecule has 0 radical (unpaired) electrons. The quantitative estimate of drug-likeness (QED) is 0.923. The van der Waals surface area contributed by atoms with Gasteiger partial charge in [0, 0.05) is 25.2 Å². The van der Waals surface area contributed by atoms with E-state index in [9.17, 15) is 4.79 Å². The number of carbonyl (C=O) groups is 1. The van der Waals surface area contributed by atoms with Crippen LogP contribution in [-0.2, 0) is 4.74 Å². The first kappa shape index (κ1) is 16.0. The highest BCUT2D eigenvalue weighted by molar-refractivity contribution is 6.06. The van der Waals surface area contributed by atoms with E-state index in [1.165, 1.54) is 0 Å². The lowest BCUT2D eigenvalue weighted by molar-refractivity contribution is -0.0296. The molecule has 122 valence electrons. The number of carbonyl (C=O) groups excluding carboxylic acids is 1. The van der Waals surface area contributed by atoms with Gasteiger partial charge in [0.25, 0.3) is 5.91 Å². The lowest BCUT2D eigenvalue weighted by Gasteiger charge is -2.32. The predicted molar refractivity (Wildman–Crippen MR) is 92.8 cm³/mol. The molecule has 4 heteroatoms. The zero-order chi connectivity index (χ0) is 16.1. The lowest BCUT2D eigenvalue weighted by Crippen LogP contribution is -2.43. The molecule has 1 amide bonds. The van der Waals surface area contributed by atoms with Gasteiger partial charge >= 0.3 is 0 Å². The van der Waals surface area contributed by atoms with E-state index in [-0.39, 0.29) is 12.0 Å². The molecule has 0 saturated carbocycles. The zero-order valence-corrected chi connectivity index (χ0v) is 13.6. The minimum Gasteiger partial charge on any atom is -0.375 e. The summed E-state index contributed by atoms with van der Waals surface area (Å²) in [4.78, 5) is 14.8. The van der Waals surface area contributed by atoms with Crippen LogP contribution in [0.15, 0.2) is 42.5 Å². The van der Waals surface area contributed by atoms with Crippen molar-refractivity contribution < 1.29 is 9.53 Å². The standard InChI is InChI=1S/C19H24N2O2/c1-2-21-12-13-23-16(14-21)10-11-20-19(22)18-9-5-7-15-6-3-4-8-17(15)18/h3-9,16H,2,10-14H2,1H3,(H,20,22). The number of likely N-dealkylation sites (N-methyl/N-ethyl adjacent to an activating group) is 1. The number of morpholine rings is 1. The van der Waals surface area contributed by atoms with Crippen LogP contribution in [0.4, 0.5) is 0 Å². The molecule has 0 bridgehead atoms. The Morgan fingerprint density at radius 2 is 2.09 bits per heavy atom. The van der Waals surface area contributed by atoms with E-state index in [0.717, 1.165) is 49.0 Å². The fraction of sp³-hybridized carbons (Fsp3) is 0.421. The summed E-state index contributed by atoms with van der Waals surface area (Å²) in [6.45, 7) is 6.63. The van der Waals surface area contributed by atoms with Crippen molar-refractivity contribution in [3.8, 4) is 0 Å². The first-order valence-electron chi connectivity index (χ1n) is 8.38. The monoisotopic (exact) mass is 312 g/mol. The third kappa shape index (κ3) is 3.89. The number of hydrogen-bond donors (Lipinski definition) is 1. The summed E-state index contributed by atoms with van der Waals surface area (Å²) >= 11 is 0. The van der Waals surface area contributed by atoms with Crippen LogP contribution in [0.2, 0.25) is 0 Å². The van der Waals surface area contributed by atoms with Gasteiger partial charge in [-0.25, -0.2) is 0 Å². The van der Waals surface area contributed by atoms with Crippen molar-refractivity contribution in [2.24, 2.45) is 0 Å². The summed E-state index contributed by atoms with van der Waals surface area (Å²) in [5, 5.41) is 5.12. The molecule has 2 aromatic carbocycles. The van der Waals surface area contributed by atoms with E-state index in [0.29, 0.717) is 6.54 Å². The molecule has 23 heavy (non-hydrogen) atoms. The van der Waals surface area contributed by atoms with Gasteiger partial charge in [-0.1, -0.05) is 43.3 Å².